The highest BCUT2D eigenvalue weighted by Gasteiger charge is 2.19. The first-order valence-corrected chi connectivity index (χ1v) is 6.57. The third kappa shape index (κ3) is 3.90. The Morgan fingerprint density at radius 3 is 2.95 bits per heavy atom. The van der Waals surface area contributed by atoms with Gasteiger partial charge in [-0.15, -0.1) is 0 Å². The lowest BCUT2D eigenvalue weighted by Gasteiger charge is -2.21. The van der Waals surface area contributed by atoms with E-state index in [1.54, 1.807) is 12.3 Å². The van der Waals surface area contributed by atoms with Gasteiger partial charge in [-0.05, 0) is 32.0 Å². The number of nitrogens with zero attached hydrogens (tertiary/aromatic N) is 3. The number of hydrazine groups is 1. The average Bonchev–Trinajstić information content (AvgIpc) is 2.92. The first-order valence-electron chi connectivity index (χ1n) is 6.57. The van der Waals surface area contributed by atoms with Crippen LogP contribution in [0.5, 0.6) is 0 Å². The van der Waals surface area contributed by atoms with Crippen LogP contribution in [0.2, 0.25) is 0 Å². The number of rotatable bonds is 5. The van der Waals surface area contributed by atoms with E-state index >= 15 is 0 Å². The Morgan fingerprint density at radius 1 is 1.53 bits per heavy atom. The SMILES string of the molecule is CN(CC(=O)N1CCCC1)Cc1cc(NN)ccn1. The van der Waals surface area contributed by atoms with Crippen molar-refractivity contribution in [3.05, 3.63) is 24.0 Å². The van der Waals surface area contributed by atoms with Crippen LogP contribution < -0.4 is 11.3 Å². The van der Waals surface area contributed by atoms with Gasteiger partial charge in [-0.3, -0.25) is 20.5 Å². The van der Waals surface area contributed by atoms with Crippen molar-refractivity contribution in [3.8, 4) is 0 Å². The predicted molar refractivity (Wildman–Crippen MR) is 74.2 cm³/mol. The first-order chi connectivity index (χ1) is 9.19. The summed E-state index contributed by atoms with van der Waals surface area (Å²) in [5, 5.41) is 0. The standard InChI is InChI=1S/C13H21N5O/c1-17(10-13(19)18-6-2-3-7-18)9-12-8-11(16-14)4-5-15-12/h4-5,8H,2-3,6-7,9-10,14H2,1H3,(H,15,16). The minimum atomic E-state index is 0.202. The summed E-state index contributed by atoms with van der Waals surface area (Å²) in [6.07, 6.45) is 3.96. The molecule has 1 aromatic rings. The molecule has 0 aliphatic carbocycles. The van der Waals surface area contributed by atoms with Crippen LogP contribution in [0.3, 0.4) is 0 Å². The molecule has 6 heteroatoms. The number of carbonyl (C=O) groups is 1. The van der Waals surface area contributed by atoms with Gasteiger partial charge in [-0.2, -0.15) is 0 Å². The largest absolute Gasteiger partial charge is 0.342 e. The third-order valence-corrected chi connectivity index (χ3v) is 3.28. The van der Waals surface area contributed by atoms with E-state index in [0.717, 1.165) is 37.3 Å². The summed E-state index contributed by atoms with van der Waals surface area (Å²) in [4.78, 5) is 20.2. The second kappa shape index (κ2) is 6.49. The maximum atomic E-state index is 12.0. The molecule has 6 nitrogen and oxygen atoms in total. The number of nitrogens with one attached hydrogen (secondary N) is 1. The molecule has 0 saturated carbocycles. The van der Waals surface area contributed by atoms with Crippen molar-refractivity contribution >= 4 is 11.6 Å². The summed E-state index contributed by atoms with van der Waals surface area (Å²) >= 11 is 0. The Balaban J connectivity index is 1.85. The van der Waals surface area contributed by atoms with Gasteiger partial charge >= 0.3 is 0 Å². The van der Waals surface area contributed by atoms with Crippen LogP contribution in [0.15, 0.2) is 18.3 Å². The molecular weight excluding hydrogens is 242 g/mol. The molecule has 2 rings (SSSR count). The molecule has 1 amide bonds. The van der Waals surface area contributed by atoms with Gasteiger partial charge in [0.1, 0.15) is 0 Å². The fourth-order valence-corrected chi connectivity index (χ4v) is 2.28. The maximum absolute atomic E-state index is 12.0. The Morgan fingerprint density at radius 2 is 2.26 bits per heavy atom. The molecule has 0 aromatic carbocycles. The van der Waals surface area contributed by atoms with Crippen LogP contribution in [0.1, 0.15) is 18.5 Å². The monoisotopic (exact) mass is 263 g/mol. The van der Waals surface area contributed by atoms with Crippen molar-refractivity contribution in [2.45, 2.75) is 19.4 Å². The maximum Gasteiger partial charge on any atom is 0.236 e. The van der Waals surface area contributed by atoms with Crippen LogP contribution in [-0.4, -0.2) is 47.4 Å². The number of nitrogen functional groups attached to an aromatic ring is 1. The molecule has 1 aliphatic heterocycles. The second-order valence-corrected chi connectivity index (χ2v) is 4.94. The van der Waals surface area contributed by atoms with Gasteiger partial charge in [0, 0.05) is 25.8 Å². The number of aromatic nitrogens is 1. The van der Waals surface area contributed by atoms with E-state index in [0.29, 0.717) is 13.1 Å². The summed E-state index contributed by atoms with van der Waals surface area (Å²) in [5.74, 6) is 5.56. The molecule has 0 bridgehead atoms. The average molecular weight is 263 g/mol. The molecule has 0 radical (unpaired) electrons. The van der Waals surface area contributed by atoms with E-state index in [1.165, 1.54) is 0 Å². The minimum absolute atomic E-state index is 0.202. The highest BCUT2D eigenvalue weighted by atomic mass is 16.2. The Labute approximate surface area is 113 Å². The highest BCUT2D eigenvalue weighted by Crippen LogP contribution is 2.10. The molecule has 0 atom stereocenters. The lowest BCUT2D eigenvalue weighted by Crippen LogP contribution is -2.37. The van der Waals surface area contributed by atoms with Gasteiger partial charge < -0.3 is 10.3 Å². The zero-order chi connectivity index (χ0) is 13.7. The van der Waals surface area contributed by atoms with E-state index in [2.05, 4.69) is 10.4 Å². The molecule has 2 heterocycles. The van der Waals surface area contributed by atoms with Crippen LogP contribution in [0.25, 0.3) is 0 Å². The number of likely N-dealkylation sites (N-methyl/N-ethyl adjacent to an activating group) is 1. The smallest absolute Gasteiger partial charge is 0.236 e. The summed E-state index contributed by atoms with van der Waals surface area (Å²) in [7, 11) is 1.93. The zero-order valence-corrected chi connectivity index (χ0v) is 11.3. The number of amides is 1. The highest BCUT2D eigenvalue weighted by molar-refractivity contribution is 5.78. The molecular formula is C13H21N5O. The van der Waals surface area contributed by atoms with E-state index in [4.69, 9.17) is 5.84 Å². The molecule has 0 spiro atoms. The van der Waals surface area contributed by atoms with Crippen molar-refractivity contribution in [1.82, 2.24) is 14.8 Å². The molecule has 1 saturated heterocycles. The lowest BCUT2D eigenvalue weighted by atomic mass is 10.3. The fourth-order valence-electron chi connectivity index (χ4n) is 2.28. The first kappa shape index (κ1) is 13.8. The van der Waals surface area contributed by atoms with Crippen molar-refractivity contribution in [2.75, 3.05) is 32.1 Å². The van der Waals surface area contributed by atoms with Gasteiger partial charge in [0.2, 0.25) is 5.91 Å². The van der Waals surface area contributed by atoms with E-state index < -0.39 is 0 Å². The quantitative estimate of drug-likeness (QED) is 0.595. The molecule has 1 fully saturated rings. The van der Waals surface area contributed by atoms with Crippen LogP contribution in [0.4, 0.5) is 5.69 Å². The normalized spacial score (nSPS) is 15.0. The molecule has 1 aliphatic rings. The Hall–Kier alpha value is -1.66. The molecule has 104 valence electrons. The number of likely N-dealkylation sites (tertiary alicyclic amines) is 1. The number of pyridine rings is 1. The zero-order valence-electron chi connectivity index (χ0n) is 11.3. The van der Waals surface area contributed by atoms with Crippen LogP contribution >= 0.6 is 0 Å². The molecule has 1 aromatic heterocycles. The van der Waals surface area contributed by atoms with Crippen LogP contribution in [-0.2, 0) is 11.3 Å². The number of hydrogen-bond donors (Lipinski definition) is 2. The van der Waals surface area contributed by atoms with Crippen molar-refractivity contribution < 1.29 is 4.79 Å². The van der Waals surface area contributed by atoms with Gasteiger partial charge in [0.25, 0.3) is 0 Å². The second-order valence-electron chi connectivity index (χ2n) is 4.94. The topological polar surface area (TPSA) is 74.5 Å². The van der Waals surface area contributed by atoms with Crippen LogP contribution in [0, 0.1) is 0 Å². The Bertz CT molecular complexity index is 431. The van der Waals surface area contributed by atoms with Gasteiger partial charge in [-0.25, -0.2) is 0 Å². The number of carbonyl (C=O) groups excluding carboxylic acids is 1. The van der Waals surface area contributed by atoms with Gasteiger partial charge in [0.15, 0.2) is 0 Å². The molecule has 19 heavy (non-hydrogen) atoms. The van der Waals surface area contributed by atoms with Gasteiger partial charge in [-0.1, -0.05) is 0 Å². The van der Waals surface area contributed by atoms with E-state index in [-0.39, 0.29) is 5.91 Å². The van der Waals surface area contributed by atoms with Crippen molar-refractivity contribution in [1.29, 1.82) is 0 Å². The van der Waals surface area contributed by atoms with E-state index in [9.17, 15) is 4.79 Å². The summed E-state index contributed by atoms with van der Waals surface area (Å²) in [5.41, 5.74) is 4.31. The fraction of sp³-hybridized carbons (Fsp3) is 0.538. The van der Waals surface area contributed by atoms with Crippen molar-refractivity contribution in [2.24, 2.45) is 5.84 Å². The lowest BCUT2D eigenvalue weighted by molar-refractivity contribution is -0.131. The molecule has 0 unspecified atom stereocenters. The van der Waals surface area contributed by atoms with Crippen molar-refractivity contribution in [3.63, 3.8) is 0 Å². The number of anilines is 1. The third-order valence-electron chi connectivity index (χ3n) is 3.28. The number of hydrogen-bond acceptors (Lipinski definition) is 5. The minimum Gasteiger partial charge on any atom is -0.342 e. The molecule has 3 N–H and O–H groups in total. The summed E-state index contributed by atoms with van der Waals surface area (Å²) in [6, 6.07) is 3.69. The number of nitrogens with two attached hydrogens (primary N) is 1. The predicted octanol–water partition coefficient (Wildman–Crippen LogP) is 0.421. The summed E-state index contributed by atoms with van der Waals surface area (Å²) < 4.78 is 0. The van der Waals surface area contributed by atoms with Gasteiger partial charge in [0.05, 0.1) is 17.9 Å². The summed E-state index contributed by atoms with van der Waals surface area (Å²) in [6.45, 7) is 2.87. The van der Waals surface area contributed by atoms with E-state index in [1.807, 2.05) is 22.9 Å². The Kier molecular flexibility index (Phi) is 4.70.